The Hall–Kier alpha value is -2.61. The van der Waals surface area contributed by atoms with Crippen LogP contribution < -0.4 is 16.4 Å². The van der Waals surface area contributed by atoms with E-state index < -0.39 is 11.7 Å². The topological polar surface area (TPSA) is 104 Å². The first kappa shape index (κ1) is 17.7. The second-order valence-corrected chi connectivity index (χ2v) is 5.82. The van der Waals surface area contributed by atoms with E-state index in [1.54, 1.807) is 0 Å². The number of benzene rings is 2. The SMILES string of the molecule is NC(=O)c1c(F)cc(Br)cc1NCCNC(=O)c1ccc(O)cc1. The molecule has 2 amide bonds. The molecule has 0 aliphatic heterocycles. The molecule has 0 spiro atoms. The zero-order valence-corrected chi connectivity index (χ0v) is 14.1. The normalized spacial score (nSPS) is 10.2. The first-order chi connectivity index (χ1) is 11.4. The molecule has 0 radical (unpaired) electrons. The van der Waals surface area contributed by atoms with Gasteiger partial charge < -0.3 is 21.5 Å². The standard InChI is InChI=1S/C16H15BrFN3O3/c17-10-7-12(18)14(15(19)23)13(8-10)20-5-6-21-16(24)9-1-3-11(22)4-2-9/h1-4,7-8,20,22H,5-6H2,(H2,19,23)(H,21,24). The minimum atomic E-state index is -0.879. The van der Waals surface area contributed by atoms with Gasteiger partial charge in [-0.3, -0.25) is 9.59 Å². The number of hydrogen-bond acceptors (Lipinski definition) is 4. The van der Waals surface area contributed by atoms with Crippen molar-refractivity contribution in [3.63, 3.8) is 0 Å². The molecular formula is C16H15BrFN3O3. The summed E-state index contributed by atoms with van der Waals surface area (Å²) in [5.41, 5.74) is 5.59. The summed E-state index contributed by atoms with van der Waals surface area (Å²) in [6, 6.07) is 8.50. The average molecular weight is 396 g/mol. The van der Waals surface area contributed by atoms with E-state index in [0.29, 0.717) is 10.0 Å². The fourth-order valence-corrected chi connectivity index (χ4v) is 2.48. The number of carbonyl (C=O) groups is 2. The maximum absolute atomic E-state index is 13.8. The highest BCUT2D eigenvalue weighted by molar-refractivity contribution is 9.10. The summed E-state index contributed by atoms with van der Waals surface area (Å²) < 4.78 is 14.3. The van der Waals surface area contributed by atoms with E-state index in [1.807, 2.05) is 0 Å². The highest BCUT2D eigenvalue weighted by Crippen LogP contribution is 2.24. The molecule has 0 heterocycles. The highest BCUT2D eigenvalue weighted by atomic mass is 79.9. The number of phenols is 1. The molecule has 2 aromatic rings. The summed E-state index contributed by atoms with van der Waals surface area (Å²) in [5, 5.41) is 14.7. The first-order valence-electron chi connectivity index (χ1n) is 6.98. The molecule has 0 saturated carbocycles. The molecule has 0 unspecified atom stereocenters. The van der Waals surface area contributed by atoms with Gasteiger partial charge in [0.05, 0.1) is 11.3 Å². The number of aromatic hydroxyl groups is 1. The largest absolute Gasteiger partial charge is 0.508 e. The number of anilines is 1. The Morgan fingerprint density at radius 3 is 2.46 bits per heavy atom. The zero-order chi connectivity index (χ0) is 17.7. The van der Waals surface area contributed by atoms with Crippen molar-refractivity contribution >= 4 is 33.4 Å². The van der Waals surface area contributed by atoms with Crippen LogP contribution in [-0.2, 0) is 0 Å². The lowest BCUT2D eigenvalue weighted by molar-refractivity contribution is 0.0953. The fraction of sp³-hybridized carbons (Fsp3) is 0.125. The molecule has 0 bridgehead atoms. The van der Waals surface area contributed by atoms with Crippen LogP contribution in [0.15, 0.2) is 40.9 Å². The summed E-state index contributed by atoms with van der Waals surface area (Å²) in [6.07, 6.45) is 0. The van der Waals surface area contributed by atoms with E-state index in [4.69, 9.17) is 5.73 Å². The number of carbonyl (C=O) groups excluding carboxylic acids is 2. The second kappa shape index (κ2) is 7.78. The van der Waals surface area contributed by atoms with Crippen molar-refractivity contribution in [3.8, 4) is 5.75 Å². The van der Waals surface area contributed by atoms with Gasteiger partial charge in [-0.1, -0.05) is 15.9 Å². The third kappa shape index (κ3) is 4.45. The number of rotatable bonds is 6. The van der Waals surface area contributed by atoms with Gasteiger partial charge in [0.15, 0.2) is 0 Å². The predicted molar refractivity (Wildman–Crippen MR) is 91.5 cm³/mol. The molecule has 6 nitrogen and oxygen atoms in total. The van der Waals surface area contributed by atoms with E-state index in [2.05, 4.69) is 26.6 Å². The smallest absolute Gasteiger partial charge is 0.253 e. The van der Waals surface area contributed by atoms with Gasteiger partial charge >= 0.3 is 0 Å². The minimum Gasteiger partial charge on any atom is -0.508 e. The number of nitrogens with two attached hydrogens (primary N) is 1. The van der Waals surface area contributed by atoms with Gasteiger partial charge in [-0.2, -0.15) is 0 Å². The Morgan fingerprint density at radius 1 is 1.17 bits per heavy atom. The third-order valence-corrected chi connectivity index (χ3v) is 3.61. The third-order valence-electron chi connectivity index (χ3n) is 3.16. The van der Waals surface area contributed by atoms with Crippen LogP contribution in [0.25, 0.3) is 0 Å². The number of hydrogen-bond donors (Lipinski definition) is 4. The molecular weight excluding hydrogens is 381 g/mol. The molecule has 0 aromatic heterocycles. The quantitative estimate of drug-likeness (QED) is 0.562. The van der Waals surface area contributed by atoms with Crippen LogP contribution in [0, 0.1) is 5.82 Å². The van der Waals surface area contributed by atoms with Crippen molar-refractivity contribution < 1.29 is 19.1 Å². The lowest BCUT2D eigenvalue weighted by Gasteiger charge is -2.12. The lowest BCUT2D eigenvalue weighted by atomic mass is 10.1. The summed E-state index contributed by atoms with van der Waals surface area (Å²) in [7, 11) is 0. The van der Waals surface area contributed by atoms with Crippen molar-refractivity contribution in [1.82, 2.24) is 5.32 Å². The van der Waals surface area contributed by atoms with Gasteiger partial charge in [0.25, 0.3) is 11.8 Å². The Morgan fingerprint density at radius 2 is 1.83 bits per heavy atom. The highest BCUT2D eigenvalue weighted by Gasteiger charge is 2.15. The number of amides is 2. The van der Waals surface area contributed by atoms with Gasteiger partial charge in [0, 0.05) is 23.1 Å². The van der Waals surface area contributed by atoms with E-state index in [9.17, 15) is 19.1 Å². The van der Waals surface area contributed by atoms with E-state index in [1.165, 1.54) is 30.3 Å². The lowest BCUT2D eigenvalue weighted by Crippen LogP contribution is -2.29. The second-order valence-electron chi connectivity index (χ2n) is 4.90. The molecule has 0 saturated heterocycles. The molecule has 0 aliphatic rings. The molecule has 2 rings (SSSR count). The summed E-state index contributed by atoms with van der Waals surface area (Å²) in [5.74, 6) is -1.85. The van der Waals surface area contributed by atoms with Crippen LogP contribution in [0.4, 0.5) is 10.1 Å². The van der Waals surface area contributed by atoms with Gasteiger partial charge in [0.2, 0.25) is 0 Å². The van der Waals surface area contributed by atoms with E-state index in [0.717, 1.165) is 6.07 Å². The molecule has 126 valence electrons. The molecule has 0 aliphatic carbocycles. The van der Waals surface area contributed by atoms with E-state index >= 15 is 0 Å². The van der Waals surface area contributed by atoms with Crippen molar-refractivity contribution in [2.24, 2.45) is 5.73 Å². The Labute approximate surface area is 146 Å². The Bertz CT molecular complexity index is 766. The molecule has 0 atom stereocenters. The predicted octanol–water partition coefficient (Wildman–Crippen LogP) is 2.23. The Kier molecular flexibility index (Phi) is 5.75. The molecule has 2 aromatic carbocycles. The summed E-state index contributed by atoms with van der Waals surface area (Å²) >= 11 is 3.14. The average Bonchev–Trinajstić information content (AvgIpc) is 2.51. The number of phenolic OH excluding ortho intramolecular Hbond substituents is 1. The molecule has 8 heteroatoms. The van der Waals surface area contributed by atoms with Gasteiger partial charge in [0.1, 0.15) is 11.6 Å². The van der Waals surface area contributed by atoms with Crippen LogP contribution in [0.5, 0.6) is 5.75 Å². The van der Waals surface area contributed by atoms with Gasteiger partial charge in [-0.15, -0.1) is 0 Å². The first-order valence-corrected chi connectivity index (χ1v) is 7.77. The van der Waals surface area contributed by atoms with Gasteiger partial charge in [-0.25, -0.2) is 4.39 Å². The van der Waals surface area contributed by atoms with Crippen molar-refractivity contribution in [2.45, 2.75) is 0 Å². The monoisotopic (exact) mass is 395 g/mol. The van der Waals surface area contributed by atoms with Crippen LogP contribution in [0.1, 0.15) is 20.7 Å². The van der Waals surface area contributed by atoms with Crippen molar-refractivity contribution in [2.75, 3.05) is 18.4 Å². The van der Waals surface area contributed by atoms with Crippen LogP contribution in [0.2, 0.25) is 0 Å². The fourth-order valence-electron chi connectivity index (χ4n) is 2.05. The number of halogens is 2. The molecule has 24 heavy (non-hydrogen) atoms. The molecule has 0 fully saturated rings. The summed E-state index contributed by atoms with van der Waals surface area (Å²) in [6.45, 7) is 0.506. The van der Waals surface area contributed by atoms with Crippen molar-refractivity contribution in [1.29, 1.82) is 0 Å². The maximum atomic E-state index is 13.8. The molecule has 5 N–H and O–H groups in total. The minimum absolute atomic E-state index is 0.0730. The Balaban J connectivity index is 1.94. The number of primary amides is 1. The van der Waals surface area contributed by atoms with Crippen LogP contribution >= 0.6 is 15.9 Å². The van der Waals surface area contributed by atoms with E-state index in [-0.39, 0.29) is 36.0 Å². The van der Waals surface area contributed by atoms with Crippen LogP contribution in [0.3, 0.4) is 0 Å². The van der Waals surface area contributed by atoms with Crippen molar-refractivity contribution in [3.05, 3.63) is 57.8 Å². The summed E-state index contributed by atoms with van der Waals surface area (Å²) in [4.78, 5) is 23.2. The van der Waals surface area contributed by atoms with Crippen LogP contribution in [-0.4, -0.2) is 30.0 Å². The zero-order valence-electron chi connectivity index (χ0n) is 12.5. The number of nitrogens with one attached hydrogen (secondary N) is 2. The van der Waals surface area contributed by atoms with Gasteiger partial charge in [-0.05, 0) is 36.4 Å². The maximum Gasteiger partial charge on any atom is 0.253 e.